The van der Waals surface area contributed by atoms with Gasteiger partial charge in [-0.25, -0.2) is 0 Å². The molecular weight excluding hydrogens is 299 g/mol. The van der Waals surface area contributed by atoms with Gasteiger partial charge in [0.05, 0.1) is 10.0 Å². The van der Waals surface area contributed by atoms with Crippen LogP contribution in [-0.2, 0) is 0 Å². The van der Waals surface area contributed by atoms with Gasteiger partial charge in [0.1, 0.15) is 0 Å². The highest BCUT2D eigenvalue weighted by molar-refractivity contribution is 6.35. The molecule has 2 heteroatoms. The second-order valence-electron chi connectivity index (χ2n) is 6.02. The highest BCUT2D eigenvalue weighted by Crippen LogP contribution is 2.25. The summed E-state index contributed by atoms with van der Waals surface area (Å²) in [6.07, 6.45) is 7.41. The van der Waals surface area contributed by atoms with Gasteiger partial charge < -0.3 is 0 Å². The van der Waals surface area contributed by atoms with Crippen LogP contribution in [0.1, 0.15) is 38.8 Å². The molecule has 0 amide bonds. The fourth-order valence-corrected chi connectivity index (χ4v) is 2.46. The topological polar surface area (TPSA) is 0 Å². The van der Waals surface area contributed by atoms with Gasteiger partial charge >= 0.3 is 0 Å². The predicted molar refractivity (Wildman–Crippen MR) is 99.1 cm³/mol. The molecule has 0 aromatic heterocycles. The van der Waals surface area contributed by atoms with Crippen molar-refractivity contribution in [2.24, 2.45) is 5.41 Å². The summed E-state index contributed by atoms with van der Waals surface area (Å²) in [5.41, 5.74) is 2.92. The Balaban J connectivity index is 3.75. The van der Waals surface area contributed by atoms with E-state index in [9.17, 15) is 0 Å². The molecule has 1 aromatic carbocycles. The van der Waals surface area contributed by atoms with Crippen molar-refractivity contribution in [3.63, 3.8) is 0 Å². The molecular formula is C19H22Cl2. The summed E-state index contributed by atoms with van der Waals surface area (Å²) in [5, 5.41) is 2.70. The normalized spacial score (nSPS) is 13.4. The van der Waals surface area contributed by atoms with Crippen LogP contribution in [0.2, 0.25) is 10.0 Å². The summed E-state index contributed by atoms with van der Waals surface area (Å²) in [7, 11) is 0. The molecule has 0 N–H and O–H groups in total. The third-order valence-corrected chi connectivity index (χ3v) is 4.52. The zero-order valence-corrected chi connectivity index (χ0v) is 14.7. The summed E-state index contributed by atoms with van der Waals surface area (Å²) in [4.78, 5) is 0. The van der Waals surface area contributed by atoms with Crippen LogP contribution in [0.3, 0.4) is 0 Å². The third-order valence-electron chi connectivity index (χ3n) is 3.68. The molecule has 1 rings (SSSR count). The summed E-state index contributed by atoms with van der Waals surface area (Å²) >= 11 is 12.9. The van der Waals surface area contributed by atoms with Crippen molar-refractivity contribution in [1.82, 2.24) is 0 Å². The maximum Gasteiger partial charge on any atom is 0.0563 e. The molecule has 0 nitrogen and oxygen atoms in total. The maximum absolute atomic E-state index is 6.49. The molecule has 0 bridgehead atoms. The molecule has 0 saturated heterocycles. The fourth-order valence-electron chi connectivity index (χ4n) is 1.83. The molecule has 0 heterocycles. The number of allylic oxidation sites excluding steroid dienone is 2. The number of hydrogen-bond acceptors (Lipinski definition) is 0. The first-order chi connectivity index (χ1) is 9.65. The van der Waals surface area contributed by atoms with Gasteiger partial charge in [0, 0.05) is 16.3 Å². The van der Waals surface area contributed by atoms with E-state index in [1.54, 1.807) is 12.2 Å². The van der Waals surface area contributed by atoms with Gasteiger partial charge in [-0.2, -0.15) is 0 Å². The van der Waals surface area contributed by atoms with Crippen molar-refractivity contribution in [3.8, 4) is 0 Å². The lowest BCUT2D eigenvalue weighted by Gasteiger charge is -2.18. The predicted octanol–water partition coefficient (Wildman–Crippen LogP) is 5.46. The van der Waals surface area contributed by atoms with Crippen molar-refractivity contribution < 1.29 is 0 Å². The van der Waals surface area contributed by atoms with E-state index in [2.05, 4.69) is 53.5 Å². The minimum absolute atomic E-state index is 0.108. The number of benzene rings is 1. The van der Waals surface area contributed by atoms with Crippen LogP contribution >= 0.6 is 23.2 Å². The standard InChI is InChI=1S/C19H22Cl2/c1-8-14-15(9-2)18(21)16(13(4)17(14)20)11-10-12(3)19(5,6)7/h8-11H,1-2,4H2,3,5-7H3/b12-10+,16-11+. The summed E-state index contributed by atoms with van der Waals surface area (Å²) in [6.45, 7) is 20.2. The van der Waals surface area contributed by atoms with Crippen LogP contribution in [0.5, 0.6) is 0 Å². The zero-order chi connectivity index (χ0) is 16.4. The minimum atomic E-state index is 0.108. The van der Waals surface area contributed by atoms with Gasteiger partial charge in [-0.05, 0) is 17.6 Å². The molecule has 112 valence electrons. The Morgan fingerprint density at radius 2 is 1.48 bits per heavy atom. The van der Waals surface area contributed by atoms with Gasteiger partial charge in [0.25, 0.3) is 0 Å². The van der Waals surface area contributed by atoms with E-state index in [-0.39, 0.29) is 5.41 Å². The molecule has 0 atom stereocenters. The second kappa shape index (κ2) is 6.68. The van der Waals surface area contributed by atoms with Crippen LogP contribution in [-0.4, -0.2) is 0 Å². The van der Waals surface area contributed by atoms with E-state index in [1.807, 2.05) is 6.08 Å². The van der Waals surface area contributed by atoms with Gasteiger partial charge in [0.2, 0.25) is 0 Å². The molecule has 0 spiro atoms. The monoisotopic (exact) mass is 320 g/mol. The summed E-state index contributed by atoms with van der Waals surface area (Å²) in [6, 6.07) is 0. The second-order valence-corrected chi connectivity index (χ2v) is 6.78. The highest BCUT2D eigenvalue weighted by Gasteiger charge is 2.12. The van der Waals surface area contributed by atoms with Crippen LogP contribution < -0.4 is 10.4 Å². The Morgan fingerprint density at radius 3 is 1.90 bits per heavy atom. The molecule has 0 saturated carbocycles. The molecule has 0 aliphatic heterocycles. The van der Waals surface area contributed by atoms with E-state index in [1.165, 1.54) is 5.57 Å². The fraction of sp³-hybridized carbons (Fsp3) is 0.263. The van der Waals surface area contributed by atoms with Gasteiger partial charge in [-0.1, -0.05) is 93.6 Å². The van der Waals surface area contributed by atoms with Gasteiger partial charge in [-0.3, -0.25) is 0 Å². The van der Waals surface area contributed by atoms with Gasteiger partial charge in [-0.15, -0.1) is 0 Å². The zero-order valence-electron chi connectivity index (χ0n) is 13.2. The molecule has 0 aliphatic rings. The van der Waals surface area contributed by atoms with Crippen LogP contribution in [0.25, 0.3) is 24.8 Å². The number of halogens is 2. The first-order valence-electron chi connectivity index (χ1n) is 6.79. The Labute approximate surface area is 137 Å². The van der Waals surface area contributed by atoms with Crippen molar-refractivity contribution in [2.75, 3.05) is 0 Å². The smallest absolute Gasteiger partial charge is 0.0563 e. The summed E-state index contributed by atoms with van der Waals surface area (Å²) < 4.78 is 0. The number of hydrogen-bond donors (Lipinski definition) is 0. The van der Waals surface area contributed by atoms with Crippen molar-refractivity contribution in [3.05, 3.63) is 56.4 Å². The van der Waals surface area contributed by atoms with Gasteiger partial charge in [0.15, 0.2) is 0 Å². The van der Waals surface area contributed by atoms with Crippen molar-refractivity contribution >= 4 is 48.0 Å². The van der Waals surface area contributed by atoms with Crippen LogP contribution in [0.4, 0.5) is 0 Å². The molecule has 0 aliphatic carbocycles. The Bertz CT molecular complexity index is 714. The molecule has 0 fully saturated rings. The lowest BCUT2D eigenvalue weighted by Crippen LogP contribution is -2.27. The van der Waals surface area contributed by atoms with Crippen molar-refractivity contribution in [2.45, 2.75) is 27.7 Å². The average Bonchev–Trinajstić information content (AvgIpc) is 2.40. The summed E-state index contributed by atoms with van der Waals surface area (Å²) in [5.74, 6) is 0. The van der Waals surface area contributed by atoms with E-state index < -0.39 is 0 Å². The van der Waals surface area contributed by atoms with E-state index in [0.29, 0.717) is 15.3 Å². The van der Waals surface area contributed by atoms with E-state index >= 15 is 0 Å². The van der Waals surface area contributed by atoms with E-state index in [0.717, 1.165) is 16.3 Å². The Kier molecular flexibility index (Phi) is 5.67. The Morgan fingerprint density at radius 1 is 1.00 bits per heavy atom. The Hall–Kier alpha value is -1.24. The first kappa shape index (κ1) is 17.8. The lowest BCUT2D eigenvalue weighted by molar-refractivity contribution is 0.504. The lowest BCUT2D eigenvalue weighted by atomic mass is 9.87. The van der Waals surface area contributed by atoms with Crippen molar-refractivity contribution in [1.29, 1.82) is 0 Å². The molecule has 0 radical (unpaired) electrons. The maximum atomic E-state index is 6.49. The quantitative estimate of drug-likeness (QED) is 0.693. The SMILES string of the molecule is C=Cc1c(C=C)c(Cl)/c(=C/C=C(\C)C(C)(C)C)c(=C)c1Cl. The van der Waals surface area contributed by atoms with Crippen LogP contribution in [0, 0.1) is 5.41 Å². The molecule has 1 aromatic rings. The first-order valence-corrected chi connectivity index (χ1v) is 7.54. The largest absolute Gasteiger partial charge is 0.0984 e. The average molecular weight is 321 g/mol. The third kappa shape index (κ3) is 3.70. The van der Waals surface area contributed by atoms with Crippen LogP contribution in [0.15, 0.2) is 24.8 Å². The molecule has 21 heavy (non-hydrogen) atoms. The highest BCUT2D eigenvalue weighted by atomic mass is 35.5. The minimum Gasteiger partial charge on any atom is -0.0984 e. The van der Waals surface area contributed by atoms with E-state index in [4.69, 9.17) is 23.2 Å². The molecule has 0 unspecified atom stereocenters. The number of rotatable bonds is 3.